The predicted octanol–water partition coefficient (Wildman–Crippen LogP) is 7.27. The summed E-state index contributed by atoms with van der Waals surface area (Å²) in [5.41, 5.74) is 8.06. The van der Waals surface area contributed by atoms with Crippen molar-refractivity contribution >= 4 is 22.1 Å². The van der Waals surface area contributed by atoms with Crippen molar-refractivity contribution < 1.29 is 0 Å². The second-order valence-corrected chi connectivity index (χ2v) is 11.5. The van der Waals surface area contributed by atoms with Gasteiger partial charge in [0, 0.05) is 51.2 Å². The molecule has 0 radical (unpaired) electrons. The Bertz CT molecular complexity index is 1420. The number of allylic oxidation sites excluding steroid dienone is 8. The van der Waals surface area contributed by atoms with Gasteiger partial charge in [0.05, 0.1) is 17.1 Å². The minimum atomic E-state index is 0.320. The van der Waals surface area contributed by atoms with E-state index in [1.807, 2.05) is 6.08 Å². The molecule has 4 atom stereocenters. The number of nitrogens with zero attached hydrogens (tertiary/aromatic N) is 4. The molecule has 0 N–H and O–H groups in total. The summed E-state index contributed by atoms with van der Waals surface area (Å²) < 4.78 is 0. The Morgan fingerprint density at radius 3 is 2.47 bits per heavy atom. The van der Waals surface area contributed by atoms with E-state index in [0.29, 0.717) is 23.9 Å². The van der Waals surface area contributed by atoms with Gasteiger partial charge >= 0.3 is 0 Å². The van der Waals surface area contributed by atoms with E-state index < -0.39 is 0 Å². The van der Waals surface area contributed by atoms with E-state index >= 15 is 0 Å². The van der Waals surface area contributed by atoms with Crippen LogP contribution in [-0.4, -0.2) is 43.7 Å². The standard InChI is InChI=1S/C34H40N4/c1-7-14-28-27-22-38-32-20-26-16-13-12-15-25(26)19-31(32)36(6)34(38)24(3)33(27)23(2)21-37(28)30-18-11-9-8-10-17-29(30)35(4)5/h7-10,12-17,19-20,22-24,33-34H,1,11,18,21H2,2-6H3/b9-8-,17-10-,28-14+,30-29-. The van der Waals surface area contributed by atoms with Gasteiger partial charge in [-0.15, -0.1) is 0 Å². The fourth-order valence-corrected chi connectivity index (χ4v) is 7.35. The SMILES string of the molecule is C=C/C=C1\C2=CN3c4cc5ccccc5cc4N(C)C3C(C)C2C(C)CN1/C1=C(N(C)C)/C=C\C=C/CC1. The lowest BCUT2D eigenvalue weighted by Gasteiger charge is -2.51. The quantitative estimate of drug-likeness (QED) is 0.436. The summed E-state index contributed by atoms with van der Waals surface area (Å²) in [6.45, 7) is 10.1. The van der Waals surface area contributed by atoms with Gasteiger partial charge in [-0.3, -0.25) is 0 Å². The Labute approximate surface area is 228 Å². The predicted molar refractivity (Wildman–Crippen MR) is 162 cm³/mol. The average Bonchev–Trinajstić information content (AvgIpc) is 3.15. The molecule has 4 aliphatic rings. The molecule has 0 amide bonds. The first-order valence-corrected chi connectivity index (χ1v) is 14.0. The molecule has 6 rings (SSSR count). The van der Waals surface area contributed by atoms with Crippen LogP contribution < -0.4 is 9.80 Å². The van der Waals surface area contributed by atoms with Crippen LogP contribution in [0.15, 0.2) is 108 Å². The van der Waals surface area contributed by atoms with E-state index in [4.69, 9.17) is 0 Å². The number of benzene rings is 2. The van der Waals surface area contributed by atoms with Crippen LogP contribution in [0.5, 0.6) is 0 Å². The lowest BCUT2D eigenvalue weighted by atomic mass is 9.70. The van der Waals surface area contributed by atoms with Crippen LogP contribution in [0.25, 0.3) is 10.8 Å². The first kappa shape index (κ1) is 24.7. The molecule has 38 heavy (non-hydrogen) atoms. The lowest BCUT2D eigenvalue weighted by molar-refractivity contribution is 0.175. The van der Waals surface area contributed by atoms with Crippen molar-refractivity contribution in [3.05, 3.63) is 108 Å². The highest BCUT2D eigenvalue weighted by Crippen LogP contribution is 2.53. The van der Waals surface area contributed by atoms with Gasteiger partial charge in [-0.05, 0) is 65.3 Å². The fraction of sp³-hybridized carbons (Fsp3) is 0.353. The molecular formula is C34H40N4. The third-order valence-electron chi connectivity index (χ3n) is 8.96. The highest BCUT2D eigenvalue weighted by atomic mass is 15.4. The van der Waals surface area contributed by atoms with Gasteiger partial charge in [0.25, 0.3) is 0 Å². The van der Waals surface area contributed by atoms with Gasteiger partial charge in [0.1, 0.15) is 6.17 Å². The molecule has 0 saturated carbocycles. The Balaban J connectivity index is 1.51. The molecule has 4 unspecified atom stereocenters. The molecule has 0 spiro atoms. The van der Waals surface area contributed by atoms with Crippen LogP contribution in [-0.2, 0) is 0 Å². The van der Waals surface area contributed by atoms with E-state index in [2.05, 4.69) is 134 Å². The Morgan fingerprint density at radius 1 is 1.03 bits per heavy atom. The number of likely N-dealkylation sites (N-methyl/N-ethyl adjacent to an activating group) is 1. The zero-order chi connectivity index (χ0) is 26.6. The molecule has 2 aromatic rings. The first-order valence-electron chi connectivity index (χ1n) is 14.0. The molecule has 3 heterocycles. The molecule has 3 aliphatic heterocycles. The number of piperidine rings is 1. The topological polar surface area (TPSA) is 13.0 Å². The average molecular weight is 505 g/mol. The molecule has 2 aromatic carbocycles. The number of likely N-dealkylation sites (tertiary alicyclic amines) is 1. The Kier molecular flexibility index (Phi) is 6.22. The number of anilines is 2. The molecule has 1 fully saturated rings. The van der Waals surface area contributed by atoms with Gasteiger partial charge in [0.2, 0.25) is 0 Å². The van der Waals surface area contributed by atoms with Crippen LogP contribution in [0, 0.1) is 17.8 Å². The summed E-state index contributed by atoms with van der Waals surface area (Å²) in [4.78, 5) is 9.92. The number of fused-ring (bicyclic) bond motifs is 5. The van der Waals surface area contributed by atoms with Crippen molar-refractivity contribution in [3.8, 4) is 0 Å². The highest BCUT2D eigenvalue weighted by molar-refractivity contribution is 5.95. The Morgan fingerprint density at radius 2 is 1.76 bits per heavy atom. The van der Waals surface area contributed by atoms with Crippen molar-refractivity contribution in [1.29, 1.82) is 0 Å². The zero-order valence-corrected chi connectivity index (χ0v) is 23.4. The van der Waals surface area contributed by atoms with Gasteiger partial charge in [-0.1, -0.05) is 69.0 Å². The van der Waals surface area contributed by atoms with E-state index in [0.717, 1.165) is 19.4 Å². The van der Waals surface area contributed by atoms with Crippen molar-refractivity contribution in [1.82, 2.24) is 9.80 Å². The largest absolute Gasteiger partial charge is 0.376 e. The maximum absolute atomic E-state index is 4.14. The lowest BCUT2D eigenvalue weighted by Crippen LogP contribution is -2.54. The van der Waals surface area contributed by atoms with Gasteiger partial charge < -0.3 is 19.6 Å². The summed E-state index contributed by atoms with van der Waals surface area (Å²) in [6.07, 6.45) is 18.0. The molecule has 0 bridgehead atoms. The molecule has 196 valence electrons. The number of rotatable bonds is 3. The summed E-state index contributed by atoms with van der Waals surface area (Å²) in [7, 11) is 6.59. The maximum atomic E-state index is 4.14. The summed E-state index contributed by atoms with van der Waals surface area (Å²) in [5.74, 6) is 1.48. The molecule has 1 aliphatic carbocycles. The van der Waals surface area contributed by atoms with Crippen molar-refractivity contribution in [3.63, 3.8) is 0 Å². The van der Waals surface area contributed by atoms with Crippen LogP contribution in [0.3, 0.4) is 0 Å². The van der Waals surface area contributed by atoms with Gasteiger partial charge in [-0.2, -0.15) is 0 Å². The first-order chi connectivity index (χ1) is 18.4. The normalized spacial score (nSPS) is 31.2. The van der Waals surface area contributed by atoms with Gasteiger partial charge in [0.15, 0.2) is 0 Å². The van der Waals surface area contributed by atoms with Gasteiger partial charge in [-0.25, -0.2) is 0 Å². The smallest absolute Gasteiger partial charge is 0.109 e. The summed E-state index contributed by atoms with van der Waals surface area (Å²) >= 11 is 0. The highest BCUT2D eigenvalue weighted by Gasteiger charge is 2.49. The monoisotopic (exact) mass is 504 g/mol. The molecule has 0 aromatic heterocycles. The molecule has 1 saturated heterocycles. The van der Waals surface area contributed by atoms with Crippen LogP contribution in [0.4, 0.5) is 11.4 Å². The van der Waals surface area contributed by atoms with Crippen molar-refractivity contribution in [2.24, 2.45) is 17.8 Å². The minimum absolute atomic E-state index is 0.320. The second-order valence-electron chi connectivity index (χ2n) is 11.5. The number of hydrogen-bond donors (Lipinski definition) is 0. The third-order valence-corrected chi connectivity index (χ3v) is 8.96. The third kappa shape index (κ3) is 3.81. The van der Waals surface area contributed by atoms with Crippen molar-refractivity contribution in [2.75, 3.05) is 37.5 Å². The molecule has 4 nitrogen and oxygen atoms in total. The summed E-state index contributed by atoms with van der Waals surface area (Å²) in [5, 5.41) is 2.60. The second kappa shape index (κ2) is 9.58. The van der Waals surface area contributed by atoms with Crippen molar-refractivity contribution in [2.45, 2.75) is 32.9 Å². The maximum Gasteiger partial charge on any atom is 0.109 e. The molecule has 4 heteroatoms. The molecular weight excluding hydrogens is 464 g/mol. The van der Waals surface area contributed by atoms with E-state index in [1.165, 1.54) is 44.8 Å². The minimum Gasteiger partial charge on any atom is -0.376 e. The van der Waals surface area contributed by atoms with E-state index in [9.17, 15) is 0 Å². The van der Waals surface area contributed by atoms with Crippen LogP contribution in [0.1, 0.15) is 26.7 Å². The summed E-state index contributed by atoms with van der Waals surface area (Å²) in [6, 6.07) is 13.5. The van der Waals surface area contributed by atoms with Crippen LogP contribution >= 0.6 is 0 Å². The zero-order valence-electron chi connectivity index (χ0n) is 23.4. The number of hydrogen-bond acceptors (Lipinski definition) is 4. The van der Waals surface area contributed by atoms with Crippen LogP contribution in [0.2, 0.25) is 0 Å². The fourth-order valence-electron chi connectivity index (χ4n) is 7.35. The van der Waals surface area contributed by atoms with E-state index in [-0.39, 0.29) is 0 Å². The van der Waals surface area contributed by atoms with E-state index in [1.54, 1.807) is 0 Å². The Hall–Kier alpha value is -3.66.